The molecule has 10 rings (SSSR count). The molecule has 0 aliphatic carbocycles. The Balaban J connectivity index is 1.28. The SMILES string of the molecule is FC(F)(F)c1cccc(-n2c(-c3cc(-c4nc(-c5ccccc5)nc(-c5ccccc5)n4)cc(-c4nc5ccccc5n4-c4cccc(C(F)(F)F)c4)c3)nc3ccccc32)c1. The first kappa shape index (κ1) is 38.3. The van der Waals surface area contributed by atoms with Crippen LogP contribution >= 0.6 is 0 Å². The second-order valence-corrected chi connectivity index (χ2v) is 14.5. The average molecular weight is 830 g/mol. The molecule has 0 aliphatic heterocycles. The lowest BCUT2D eigenvalue weighted by molar-refractivity contribution is -0.138. The van der Waals surface area contributed by atoms with Crippen LogP contribution in [0.15, 0.2) is 176 Å². The van der Waals surface area contributed by atoms with Crippen LogP contribution in [-0.2, 0) is 12.4 Å². The fourth-order valence-corrected chi connectivity index (χ4v) is 7.56. The van der Waals surface area contributed by atoms with E-state index in [1.807, 2.05) is 60.7 Å². The van der Waals surface area contributed by atoms with Crippen LogP contribution in [0.25, 0.3) is 90.4 Å². The third kappa shape index (κ3) is 7.12. The quantitative estimate of drug-likeness (QED) is 0.150. The zero-order valence-electron chi connectivity index (χ0n) is 32.1. The third-order valence-electron chi connectivity index (χ3n) is 10.4. The number of rotatable bonds is 7. The Morgan fingerprint density at radius 1 is 0.323 bits per heavy atom. The minimum Gasteiger partial charge on any atom is -0.292 e. The number of aromatic nitrogens is 7. The highest BCUT2D eigenvalue weighted by atomic mass is 19.4. The Bertz CT molecular complexity index is 3070. The molecule has 3 heterocycles. The van der Waals surface area contributed by atoms with Gasteiger partial charge >= 0.3 is 12.4 Å². The number of imidazole rings is 2. The number of nitrogens with zero attached hydrogens (tertiary/aromatic N) is 7. The van der Waals surface area contributed by atoms with Crippen molar-refractivity contribution in [3.05, 3.63) is 187 Å². The molecule has 13 heteroatoms. The van der Waals surface area contributed by atoms with E-state index >= 15 is 0 Å². The molecule has 0 atom stereocenters. The van der Waals surface area contributed by atoms with E-state index in [1.54, 1.807) is 88.0 Å². The summed E-state index contributed by atoms with van der Waals surface area (Å²) in [5.41, 5.74) is 3.66. The fourth-order valence-electron chi connectivity index (χ4n) is 7.56. The molecule has 0 unspecified atom stereocenters. The van der Waals surface area contributed by atoms with Crippen LogP contribution in [-0.4, -0.2) is 34.1 Å². The Morgan fingerprint density at radius 2 is 0.694 bits per heavy atom. The van der Waals surface area contributed by atoms with Crippen molar-refractivity contribution >= 4 is 22.1 Å². The number of benzene rings is 7. The van der Waals surface area contributed by atoms with Crippen LogP contribution in [0, 0.1) is 0 Å². The standard InChI is InChI=1S/C49H29F6N7/c50-48(51,52)35-17-11-19-37(28-35)61-41-23-9-7-21-39(41)56-46(61)33-25-32(45-59-43(30-13-3-1-4-14-30)58-44(60-45)31-15-5-2-6-16-31)26-34(27-33)47-57-40-22-8-10-24-42(40)62(47)38-20-12-18-36(29-38)49(53,54)55/h1-29H. The highest BCUT2D eigenvalue weighted by molar-refractivity contribution is 5.88. The summed E-state index contributed by atoms with van der Waals surface area (Å²) in [4.78, 5) is 24.8. The van der Waals surface area contributed by atoms with Crippen LogP contribution in [0.5, 0.6) is 0 Å². The lowest BCUT2D eigenvalue weighted by Crippen LogP contribution is -2.07. The summed E-state index contributed by atoms with van der Waals surface area (Å²) in [6, 6.07) is 48.3. The van der Waals surface area contributed by atoms with Gasteiger partial charge in [0.15, 0.2) is 17.5 Å². The van der Waals surface area contributed by atoms with Gasteiger partial charge in [-0.1, -0.05) is 97.1 Å². The van der Waals surface area contributed by atoms with Gasteiger partial charge in [0, 0.05) is 39.2 Å². The van der Waals surface area contributed by atoms with Crippen molar-refractivity contribution in [2.24, 2.45) is 0 Å². The van der Waals surface area contributed by atoms with Crippen molar-refractivity contribution in [1.29, 1.82) is 0 Å². The van der Waals surface area contributed by atoms with Gasteiger partial charge in [-0.2, -0.15) is 26.3 Å². The molecular weight excluding hydrogens is 801 g/mol. The molecule has 10 aromatic rings. The van der Waals surface area contributed by atoms with Gasteiger partial charge in [-0.15, -0.1) is 0 Å². The van der Waals surface area contributed by atoms with E-state index in [2.05, 4.69) is 0 Å². The monoisotopic (exact) mass is 829 g/mol. The first-order valence-corrected chi connectivity index (χ1v) is 19.3. The smallest absolute Gasteiger partial charge is 0.292 e. The first-order valence-electron chi connectivity index (χ1n) is 19.3. The molecule has 3 aromatic heterocycles. The molecule has 62 heavy (non-hydrogen) atoms. The number of hydrogen-bond donors (Lipinski definition) is 0. The van der Waals surface area contributed by atoms with E-state index in [0.717, 1.165) is 35.4 Å². The van der Waals surface area contributed by atoms with Crippen molar-refractivity contribution in [1.82, 2.24) is 34.1 Å². The molecule has 7 aromatic carbocycles. The highest BCUT2D eigenvalue weighted by Crippen LogP contribution is 2.39. The highest BCUT2D eigenvalue weighted by Gasteiger charge is 2.32. The van der Waals surface area contributed by atoms with Crippen LogP contribution in [0.1, 0.15) is 11.1 Å². The van der Waals surface area contributed by atoms with Crippen molar-refractivity contribution in [3.8, 4) is 68.3 Å². The Kier molecular flexibility index (Phi) is 9.24. The van der Waals surface area contributed by atoms with Crippen molar-refractivity contribution < 1.29 is 26.3 Å². The summed E-state index contributed by atoms with van der Waals surface area (Å²) in [6.07, 6.45) is -9.23. The predicted octanol–water partition coefficient (Wildman–Crippen LogP) is 12.9. The van der Waals surface area contributed by atoms with Crippen LogP contribution in [0.2, 0.25) is 0 Å². The summed E-state index contributed by atoms with van der Waals surface area (Å²) in [7, 11) is 0. The van der Waals surface area contributed by atoms with Gasteiger partial charge in [-0.3, -0.25) is 9.13 Å². The van der Waals surface area contributed by atoms with Gasteiger partial charge in [-0.05, 0) is 78.9 Å². The predicted molar refractivity (Wildman–Crippen MR) is 226 cm³/mol. The molecule has 0 bridgehead atoms. The second-order valence-electron chi connectivity index (χ2n) is 14.5. The zero-order chi connectivity index (χ0) is 42.6. The molecule has 0 spiro atoms. The lowest BCUT2D eigenvalue weighted by Gasteiger charge is -2.16. The van der Waals surface area contributed by atoms with Gasteiger partial charge in [0.25, 0.3) is 0 Å². The molecule has 0 fully saturated rings. The number of alkyl halides is 6. The van der Waals surface area contributed by atoms with Crippen molar-refractivity contribution in [2.45, 2.75) is 12.4 Å². The van der Waals surface area contributed by atoms with E-state index in [4.69, 9.17) is 24.9 Å². The van der Waals surface area contributed by atoms with E-state index in [-0.39, 0.29) is 28.8 Å². The number of hydrogen-bond acceptors (Lipinski definition) is 5. The largest absolute Gasteiger partial charge is 0.416 e. The summed E-state index contributed by atoms with van der Waals surface area (Å²) in [6.45, 7) is 0. The Morgan fingerprint density at radius 3 is 1.11 bits per heavy atom. The molecule has 0 aliphatic rings. The molecule has 7 nitrogen and oxygen atoms in total. The number of fused-ring (bicyclic) bond motifs is 2. The summed E-state index contributed by atoms with van der Waals surface area (Å²) in [5, 5.41) is 0. The summed E-state index contributed by atoms with van der Waals surface area (Å²) < 4.78 is 88.4. The van der Waals surface area contributed by atoms with E-state index in [0.29, 0.717) is 50.4 Å². The Labute approximate surface area is 349 Å². The molecule has 0 saturated carbocycles. The average Bonchev–Trinajstić information content (AvgIpc) is 3.89. The van der Waals surface area contributed by atoms with Crippen LogP contribution in [0.4, 0.5) is 26.3 Å². The van der Waals surface area contributed by atoms with Gasteiger partial charge in [-0.25, -0.2) is 24.9 Å². The Hall–Kier alpha value is -7.93. The first-order chi connectivity index (χ1) is 30.0. The zero-order valence-corrected chi connectivity index (χ0v) is 32.1. The van der Waals surface area contributed by atoms with Gasteiger partial charge < -0.3 is 0 Å². The third-order valence-corrected chi connectivity index (χ3v) is 10.4. The number of para-hydroxylation sites is 4. The van der Waals surface area contributed by atoms with Crippen molar-refractivity contribution in [2.75, 3.05) is 0 Å². The maximum absolute atomic E-state index is 14.2. The minimum atomic E-state index is -4.62. The number of halogens is 6. The maximum atomic E-state index is 14.2. The second kappa shape index (κ2) is 15.0. The molecule has 0 radical (unpaired) electrons. The van der Waals surface area contributed by atoms with E-state index in [9.17, 15) is 26.3 Å². The van der Waals surface area contributed by atoms with Crippen LogP contribution in [0.3, 0.4) is 0 Å². The molecule has 0 saturated heterocycles. The van der Waals surface area contributed by atoms with Crippen LogP contribution < -0.4 is 0 Å². The molecule has 302 valence electrons. The lowest BCUT2D eigenvalue weighted by atomic mass is 10.0. The van der Waals surface area contributed by atoms with Crippen molar-refractivity contribution in [3.63, 3.8) is 0 Å². The van der Waals surface area contributed by atoms with E-state index < -0.39 is 23.5 Å². The summed E-state index contributed by atoms with van der Waals surface area (Å²) >= 11 is 0. The minimum absolute atomic E-state index is 0.213. The van der Waals surface area contributed by atoms with Gasteiger partial charge in [0.2, 0.25) is 0 Å². The molecular formula is C49H29F6N7. The fraction of sp³-hybridized carbons (Fsp3) is 0.0408. The molecule has 0 amide bonds. The molecule has 0 N–H and O–H groups in total. The normalized spacial score (nSPS) is 12.0. The topological polar surface area (TPSA) is 74.3 Å². The van der Waals surface area contributed by atoms with Gasteiger partial charge in [0.05, 0.1) is 33.2 Å². The maximum Gasteiger partial charge on any atom is 0.416 e. The summed E-state index contributed by atoms with van der Waals surface area (Å²) in [5.74, 6) is 1.60. The van der Waals surface area contributed by atoms with Gasteiger partial charge in [0.1, 0.15) is 11.6 Å². The van der Waals surface area contributed by atoms with E-state index in [1.165, 1.54) is 12.1 Å².